The van der Waals surface area contributed by atoms with Crippen molar-refractivity contribution in [3.05, 3.63) is 41.5 Å². The molecule has 0 aliphatic rings. The number of halogens is 3. The van der Waals surface area contributed by atoms with Crippen molar-refractivity contribution in [2.45, 2.75) is 13.1 Å². The molecule has 0 N–H and O–H groups in total. The van der Waals surface area contributed by atoms with Crippen LogP contribution in [-0.4, -0.2) is 18.8 Å². The van der Waals surface area contributed by atoms with Crippen molar-refractivity contribution in [2.24, 2.45) is 0 Å². The number of carbonyl (C=O) groups is 1. The molecule has 0 saturated carbocycles. The maximum atomic E-state index is 11.7. The summed E-state index contributed by atoms with van der Waals surface area (Å²) in [6, 6.07) is 7.17. The van der Waals surface area contributed by atoms with Gasteiger partial charge in [0.05, 0.1) is 0 Å². The molecule has 0 heterocycles. The minimum absolute atomic E-state index is 0.722. The summed E-state index contributed by atoms with van der Waals surface area (Å²) in [5.41, 5.74) is 1.78. The maximum Gasteiger partial charge on any atom is 0.422 e. The van der Waals surface area contributed by atoms with E-state index in [0.29, 0.717) is 0 Å². The van der Waals surface area contributed by atoms with E-state index in [2.05, 4.69) is 4.74 Å². The molecule has 0 radical (unpaired) electrons. The number of alkyl halides is 3. The van der Waals surface area contributed by atoms with Crippen molar-refractivity contribution < 1.29 is 22.7 Å². The fraction of sp³-hybridized carbons (Fsp3) is 0.250. The Bertz CT molecular complexity index is 405. The summed E-state index contributed by atoms with van der Waals surface area (Å²) in [6.45, 7) is 0.342. The standard InChI is InChI=1S/C12H11F3O2/c1-9-2-4-10(5-3-9)6-7-11(16)17-8-12(13,14)15/h2-7H,8H2,1H3/b7-6+. The minimum Gasteiger partial charge on any atom is -0.453 e. The number of aryl methyl sites for hydroxylation is 1. The molecule has 1 aromatic rings. The smallest absolute Gasteiger partial charge is 0.422 e. The first-order valence-corrected chi connectivity index (χ1v) is 4.85. The van der Waals surface area contributed by atoms with Crippen molar-refractivity contribution >= 4 is 12.0 Å². The molecular formula is C12H11F3O2. The molecule has 1 rings (SSSR count). The quantitative estimate of drug-likeness (QED) is 0.603. The zero-order valence-corrected chi connectivity index (χ0v) is 9.12. The van der Waals surface area contributed by atoms with Crippen LogP contribution < -0.4 is 0 Å². The number of carbonyl (C=O) groups excluding carboxylic acids is 1. The van der Waals surface area contributed by atoms with Gasteiger partial charge in [-0.1, -0.05) is 29.8 Å². The van der Waals surface area contributed by atoms with E-state index in [1.165, 1.54) is 6.08 Å². The highest BCUT2D eigenvalue weighted by Crippen LogP contribution is 2.14. The second-order valence-electron chi connectivity index (χ2n) is 3.47. The summed E-state index contributed by atoms with van der Waals surface area (Å²) in [4.78, 5) is 10.9. The average Bonchev–Trinajstić information content (AvgIpc) is 2.25. The van der Waals surface area contributed by atoms with Gasteiger partial charge < -0.3 is 4.74 Å². The summed E-state index contributed by atoms with van der Waals surface area (Å²) in [5, 5.41) is 0. The summed E-state index contributed by atoms with van der Waals surface area (Å²) in [5.74, 6) is -1.01. The van der Waals surface area contributed by atoms with E-state index in [4.69, 9.17) is 0 Å². The number of hydrogen-bond acceptors (Lipinski definition) is 2. The van der Waals surface area contributed by atoms with Crippen LogP contribution in [0, 0.1) is 6.92 Å². The SMILES string of the molecule is Cc1ccc(/C=C/C(=O)OCC(F)(F)F)cc1. The molecular weight excluding hydrogens is 233 g/mol. The van der Waals surface area contributed by atoms with E-state index in [0.717, 1.165) is 17.2 Å². The van der Waals surface area contributed by atoms with E-state index in [1.54, 1.807) is 12.1 Å². The van der Waals surface area contributed by atoms with Gasteiger partial charge in [0.15, 0.2) is 6.61 Å². The maximum absolute atomic E-state index is 11.7. The van der Waals surface area contributed by atoms with E-state index in [1.807, 2.05) is 19.1 Å². The molecule has 1 aromatic carbocycles. The van der Waals surface area contributed by atoms with Gasteiger partial charge in [0.2, 0.25) is 0 Å². The van der Waals surface area contributed by atoms with E-state index >= 15 is 0 Å². The second kappa shape index (κ2) is 5.52. The Morgan fingerprint density at radius 1 is 1.29 bits per heavy atom. The predicted molar refractivity (Wildman–Crippen MR) is 57.2 cm³/mol. The van der Waals surface area contributed by atoms with Crippen molar-refractivity contribution in [3.8, 4) is 0 Å². The van der Waals surface area contributed by atoms with Crippen LogP contribution in [0.2, 0.25) is 0 Å². The van der Waals surface area contributed by atoms with Gasteiger partial charge in [-0.25, -0.2) is 4.79 Å². The molecule has 0 aliphatic heterocycles. The van der Waals surface area contributed by atoms with Gasteiger partial charge in [-0.15, -0.1) is 0 Å². The zero-order valence-electron chi connectivity index (χ0n) is 9.12. The number of rotatable bonds is 3. The third-order valence-corrected chi connectivity index (χ3v) is 1.87. The number of benzene rings is 1. The molecule has 0 saturated heterocycles. The largest absolute Gasteiger partial charge is 0.453 e. The lowest BCUT2D eigenvalue weighted by Crippen LogP contribution is -2.19. The minimum atomic E-state index is -4.49. The lowest BCUT2D eigenvalue weighted by atomic mass is 10.1. The third-order valence-electron chi connectivity index (χ3n) is 1.87. The van der Waals surface area contributed by atoms with Crippen LogP contribution in [0.5, 0.6) is 0 Å². The molecule has 5 heteroatoms. The molecule has 92 valence electrons. The van der Waals surface area contributed by atoms with Crippen LogP contribution >= 0.6 is 0 Å². The number of hydrogen-bond donors (Lipinski definition) is 0. The summed E-state index contributed by atoms with van der Waals surface area (Å²) in [7, 11) is 0. The average molecular weight is 244 g/mol. The lowest BCUT2D eigenvalue weighted by Gasteiger charge is -2.05. The Kier molecular flexibility index (Phi) is 4.31. The molecule has 0 spiro atoms. The van der Waals surface area contributed by atoms with Crippen LogP contribution in [-0.2, 0) is 9.53 Å². The Hall–Kier alpha value is -1.78. The Morgan fingerprint density at radius 2 is 1.88 bits per heavy atom. The van der Waals surface area contributed by atoms with Gasteiger partial charge in [0, 0.05) is 6.08 Å². The molecule has 0 bridgehead atoms. The zero-order chi connectivity index (χ0) is 12.9. The Labute approximate surface area is 96.7 Å². The van der Waals surface area contributed by atoms with Gasteiger partial charge in [0.1, 0.15) is 0 Å². The van der Waals surface area contributed by atoms with E-state index in [-0.39, 0.29) is 0 Å². The van der Waals surface area contributed by atoms with Gasteiger partial charge in [0.25, 0.3) is 0 Å². The van der Waals surface area contributed by atoms with Gasteiger partial charge in [-0.05, 0) is 18.6 Å². The lowest BCUT2D eigenvalue weighted by molar-refractivity contribution is -0.182. The van der Waals surface area contributed by atoms with Crippen molar-refractivity contribution in [1.29, 1.82) is 0 Å². The Balaban J connectivity index is 2.48. The fourth-order valence-corrected chi connectivity index (χ4v) is 1.04. The normalized spacial score (nSPS) is 11.8. The fourth-order valence-electron chi connectivity index (χ4n) is 1.04. The number of ether oxygens (including phenoxy) is 1. The van der Waals surface area contributed by atoms with Crippen LogP contribution in [0.4, 0.5) is 13.2 Å². The first-order valence-electron chi connectivity index (χ1n) is 4.85. The summed E-state index contributed by atoms with van der Waals surface area (Å²) >= 11 is 0. The van der Waals surface area contributed by atoms with Crippen LogP contribution in [0.25, 0.3) is 6.08 Å². The Morgan fingerprint density at radius 3 is 2.41 bits per heavy atom. The van der Waals surface area contributed by atoms with E-state index < -0.39 is 18.8 Å². The summed E-state index contributed by atoms with van der Waals surface area (Å²) in [6.07, 6.45) is -2.12. The second-order valence-corrected chi connectivity index (χ2v) is 3.47. The van der Waals surface area contributed by atoms with Crippen LogP contribution in [0.15, 0.2) is 30.3 Å². The molecule has 0 aromatic heterocycles. The topological polar surface area (TPSA) is 26.3 Å². The predicted octanol–water partition coefficient (Wildman–Crippen LogP) is 3.11. The molecule has 0 unspecified atom stereocenters. The highest BCUT2D eigenvalue weighted by atomic mass is 19.4. The third kappa shape index (κ3) is 5.75. The van der Waals surface area contributed by atoms with Crippen molar-refractivity contribution in [1.82, 2.24) is 0 Å². The molecule has 0 amide bonds. The first-order chi connectivity index (χ1) is 7.87. The molecule has 2 nitrogen and oxygen atoms in total. The van der Waals surface area contributed by atoms with Crippen LogP contribution in [0.1, 0.15) is 11.1 Å². The highest BCUT2D eigenvalue weighted by molar-refractivity contribution is 5.87. The van der Waals surface area contributed by atoms with Gasteiger partial charge in [-0.2, -0.15) is 13.2 Å². The molecule has 17 heavy (non-hydrogen) atoms. The monoisotopic (exact) mass is 244 g/mol. The first kappa shape index (κ1) is 13.3. The molecule has 0 atom stereocenters. The van der Waals surface area contributed by atoms with E-state index in [9.17, 15) is 18.0 Å². The van der Waals surface area contributed by atoms with Gasteiger partial charge in [-0.3, -0.25) is 0 Å². The number of esters is 1. The van der Waals surface area contributed by atoms with Crippen molar-refractivity contribution in [2.75, 3.05) is 6.61 Å². The molecule has 0 aliphatic carbocycles. The van der Waals surface area contributed by atoms with Gasteiger partial charge >= 0.3 is 12.1 Å². The van der Waals surface area contributed by atoms with Crippen LogP contribution in [0.3, 0.4) is 0 Å². The summed E-state index contributed by atoms with van der Waals surface area (Å²) < 4.78 is 39.2. The van der Waals surface area contributed by atoms with Crippen molar-refractivity contribution in [3.63, 3.8) is 0 Å². The molecule has 0 fully saturated rings. The highest BCUT2D eigenvalue weighted by Gasteiger charge is 2.29.